The number of ether oxygens (including phenoxy) is 4. The summed E-state index contributed by atoms with van der Waals surface area (Å²) < 4.78 is 21.0. The SMILES string of the molecule is CC[C@@H](C)[C@H](NC(=O)[C@@H](NC(=O)CCCOc1cccc(OCCCC(=O)N[C@H](C(=O)N[C@H](C(=O)N[C@H](C(=O)OC)C(C)C)[C@H](C)CC)C(C)O)n1)C(C)O)C(=O)N[C@H](C(=O)OC)C(C)C. The number of aromatic nitrogens is 1. The third-order valence-electron chi connectivity index (χ3n) is 10.9. The van der Waals surface area contributed by atoms with Gasteiger partial charge in [0.2, 0.25) is 47.2 Å². The molecule has 0 fully saturated rings. The number of amides is 6. The van der Waals surface area contributed by atoms with Gasteiger partial charge in [0.1, 0.15) is 36.3 Å². The number of carbonyl (C=O) groups excluding carboxylic acids is 8. The van der Waals surface area contributed by atoms with E-state index in [4.69, 9.17) is 18.9 Å². The Labute approximate surface area is 388 Å². The Kier molecular flexibility index (Phi) is 26.4. The number of hydrogen-bond acceptors (Lipinski definition) is 15. The van der Waals surface area contributed by atoms with Gasteiger partial charge in [-0.2, -0.15) is 4.98 Å². The Morgan fingerprint density at radius 1 is 0.515 bits per heavy atom. The first kappa shape index (κ1) is 58.4. The van der Waals surface area contributed by atoms with Gasteiger partial charge < -0.3 is 61.1 Å². The van der Waals surface area contributed by atoms with E-state index >= 15 is 0 Å². The van der Waals surface area contributed by atoms with Crippen LogP contribution in [-0.2, 0) is 47.8 Å². The summed E-state index contributed by atoms with van der Waals surface area (Å²) in [5, 5.41) is 36.3. The number of rotatable bonds is 30. The predicted molar refractivity (Wildman–Crippen MR) is 241 cm³/mol. The molecule has 1 aromatic rings. The van der Waals surface area contributed by atoms with Gasteiger partial charge in [0.15, 0.2) is 0 Å². The standard InChI is InChI=1S/C45H75N7O14/c1-13-26(7)36(40(57)49-34(24(3)4)44(61)63-11)51-42(59)38(28(9)53)46-30(55)18-16-22-65-32-20-15-21-33(48-32)66-23-17-19-31(56)47-39(29(10)54)43(60)52-37(27(8)14-2)41(58)50-35(25(5)6)45(62)64-12/h15,20-21,24-29,34-39,53-54H,13-14,16-19,22-23H2,1-12H3,(H,46,55)(H,47,56)(H,49,57)(H,50,58)(H,51,59)(H,52,60)/t26-,27-,28?,29?,34+,35+,36+,37+,38+,39+/m1/s1. The summed E-state index contributed by atoms with van der Waals surface area (Å²) in [4.78, 5) is 108. The van der Waals surface area contributed by atoms with Crippen molar-refractivity contribution in [1.29, 1.82) is 0 Å². The van der Waals surface area contributed by atoms with Crippen LogP contribution in [-0.4, -0.2) is 138 Å². The average Bonchev–Trinajstić information content (AvgIpc) is 3.27. The van der Waals surface area contributed by atoms with Crippen LogP contribution in [0.4, 0.5) is 0 Å². The Bertz CT molecular complexity index is 1620. The lowest BCUT2D eigenvalue weighted by atomic mass is 9.96. The van der Waals surface area contributed by atoms with Crippen LogP contribution in [0.1, 0.15) is 108 Å². The number of carbonyl (C=O) groups is 8. The molecule has 0 saturated carbocycles. The molecule has 21 heteroatoms. The fraction of sp³-hybridized carbons (Fsp3) is 0.711. The van der Waals surface area contributed by atoms with E-state index in [0.717, 1.165) is 0 Å². The summed E-state index contributed by atoms with van der Waals surface area (Å²) in [7, 11) is 2.42. The van der Waals surface area contributed by atoms with Crippen LogP contribution in [0.15, 0.2) is 18.2 Å². The number of aliphatic hydroxyl groups is 2. The molecule has 0 radical (unpaired) electrons. The summed E-state index contributed by atoms with van der Waals surface area (Å²) in [6.07, 6.45) is -1.39. The maximum absolute atomic E-state index is 13.3. The molecule has 1 rings (SSSR count). The summed E-state index contributed by atoms with van der Waals surface area (Å²) >= 11 is 0. The maximum Gasteiger partial charge on any atom is 0.328 e. The van der Waals surface area contributed by atoms with Crippen molar-refractivity contribution in [2.45, 2.75) is 156 Å². The largest absolute Gasteiger partial charge is 0.478 e. The van der Waals surface area contributed by atoms with Crippen LogP contribution in [0.2, 0.25) is 0 Å². The van der Waals surface area contributed by atoms with Crippen LogP contribution in [0.25, 0.3) is 0 Å². The molecule has 21 nitrogen and oxygen atoms in total. The molecule has 0 aliphatic rings. The zero-order chi connectivity index (χ0) is 50.3. The number of aliphatic hydroxyl groups excluding tert-OH is 2. The van der Waals surface area contributed by atoms with Gasteiger partial charge in [-0.1, -0.05) is 74.3 Å². The van der Waals surface area contributed by atoms with Crippen molar-refractivity contribution in [2.75, 3.05) is 27.4 Å². The summed E-state index contributed by atoms with van der Waals surface area (Å²) in [5.74, 6) is -6.09. The van der Waals surface area contributed by atoms with Gasteiger partial charge in [-0.15, -0.1) is 0 Å². The predicted octanol–water partition coefficient (Wildman–Crippen LogP) is 0.820. The normalized spacial score (nSPS) is 15.8. The van der Waals surface area contributed by atoms with Crippen LogP contribution < -0.4 is 41.4 Å². The van der Waals surface area contributed by atoms with E-state index in [1.807, 2.05) is 13.8 Å². The van der Waals surface area contributed by atoms with Gasteiger partial charge >= 0.3 is 11.9 Å². The van der Waals surface area contributed by atoms with Crippen LogP contribution in [0.5, 0.6) is 11.8 Å². The van der Waals surface area contributed by atoms with Gasteiger partial charge in [-0.25, -0.2) is 9.59 Å². The molecule has 0 aromatic carbocycles. The van der Waals surface area contributed by atoms with Crippen molar-refractivity contribution in [3.05, 3.63) is 18.2 Å². The van der Waals surface area contributed by atoms with E-state index in [2.05, 4.69) is 36.9 Å². The zero-order valence-electron chi connectivity index (χ0n) is 40.6. The van der Waals surface area contributed by atoms with E-state index < -0.39 is 95.8 Å². The highest BCUT2D eigenvalue weighted by molar-refractivity contribution is 5.95. The summed E-state index contributed by atoms with van der Waals surface area (Å²) in [5.41, 5.74) is 0. The number of pyridine rings is 1. The van der Waals surface area contributed by atoms with Crippen LogP contribution >= 0.6 is 0 Å². The molecule has 1 aromatic heterocycles. The molecule has 0 bridgehead atoms. The first-order valence-corrected chi connectivity index (χ1v) is 22.6. The van der Waals surface area contributed by atoms with E-state index in [1.165, 1.54) is 28.1 Å². The van der Waals surface area contributed by atoms with E-state index in [9.17, 15) is 48.6 Å². The van der Waals surface area contributed by atoms with E-state index in [-0.39, 0.29) is 74.3 Å². The Morgan fingerprint density at radius 3 is 1.12 bits per heavy atom. The lowest BCUT2D eigenvalue weighted by Crippen LogP contribution is -2.60. The third-order valence-corrected chi connectivity index (χ3v) is 10.9. The molecular formula is C45H75N7O14. The highest BCUT2D eigenvalue weighted by Crippen LogP contribution is 2.16. The highest BCUT2D eigenvalue weighted by atomic mass is 16.5. The van der Waals surface area contributed by atoms with Gasteiger partial charge in [-0.05, 0) is 50.4 Å². The topological polar surface area (TPSA) is 299 Å². The van der Waals surface area contributed by atoms with Crippen molar-refractivity contribution in [1.82, 2.24) is 36.9 Å². The number of nitrogens with zero attached hydrogens (tertiary/aromatic N) is 1. The zero-order valence-corrected chi connectivity index (χ0v) is 40.6. The lowest BCUT2D eigenvalue weighted by Gasteiger charge is -2.29. The molecule has 0 aliphatic heterocycles. The van der Waals surface area contributed by atoms with Crippen molar-refractivity contribution < 1.29 is 67.5 Å². The maximum atomic E-state index is 13.3. The molecule has 0 saturated heterocycles. The minimum absolute atomic E-state index is 0.0514. The number of hydrogen-bond donors (Lipinski definition) is 8. The molecule has 2 unspecified atom stereocenters. The van der Waals surface area contributed by atoms with Crippen molar-refractivity contribution >= 4 is 47.4 Å². The molecule has 10 atom stereocenters. The summed E-state index contributed by atoms with van der Waals surface area (Å²) in [6.45, 7) is 16.9. The second kappa shape index (κ2) is 29.9. The number of methoxy groups -OCH3 is 2. The third kappa shape index (κ3) is 19.9. The first-order chi connectivity index (χ1) is 31.0. The monoisotopic (exact) mass is 938 g/mol. The molecule has 66 heavy (non-hydrogen) atoms. The Hall–Kier alpha value is -5.57. The Morgan fingerprint density at radius 2 is 0.833 bits per heavy atom. The average molecular weight is 938 g/mol. The van der Waals surface area contributed by atoms with Gasteiger partial charge in [-0.3, -0.25) is 28.8 Å². The molecule has 0 aliphatic carbocycles. The fourth-order valence-electron chi connectivity index (χ4n) is 6.30. The lowest BCUT2D eigenvalue weighted by molar-refractivity contribution is -0.147. The smallest absolute Gasteiger partial charge is 0.328 e. The van der Waals surface area contributed by atoms with Crippen molar-refractivity contribution in [2.24, 2.45) is 23.7 Å². The van der Waals surface area contributed by atoms with E-state index in [0.29, 0.717) is 12.8 Å². The quantitative estimate of drug-likeness (QED) is 0.0391. The van der Waals surface area contributed by atoms with E-state index in [1.54, 1.807) is 59.7 Å². The van der Waals surface area contributed by atoms with Gasteiger partial charge in [0, 0.05) is 25.0 Å². The van der Waals surface area contributed by atoms with Crippen molar-refractivity contribution in [3.63, 3.8) is 0 Å². The Balaban J connectivity index is 2.72. The molecule has 1 heterocycles. The van der Waals surface area contributed by atoms with Gasteiger partial charge in [0.05, 0.1) is 39.6 Å². The second-order valence-corrected chi connectivity index (χ2v) is 17.0. The van der Waals surface area contributed by atoms with Crippen LogP contribution in [0, 0.1) is 23.7 Å². The fourth-order valence-corrected chi connectivity index (χ4v) is 6.30. The molecular weight excluding hydrogens is 863 g/mol. The van der Waals surface area contributed by atoms with Crippen LogP contribution in [0.3, 0.4) is 0 Å². The first-order valence-electron chi connectivity index (χ1n) is 22.6. The van der Waals surface area contributed by atoms with Crippen molar-refractivity contribution in [3.8, 4) is 11.8 Å². The molecule has 6 amide bonds. The molecule has 374 valence electrons. The number of nitrogens with one attached hydrogen (secondary N) is 6. The minimum Gasteiger partial charge on any atom is -0.478 e. The minimum atomic E-state index is -1.38. The highest BCUT2D eigenvalue weighted by Gasteiger charge is 2.36. The molecule has 0 spiro atoms. The molecule has 8 N–H and O–H groups in total. The van der Waals surface area contributed by atoms with Gasteiger partial charge in [0.25, 0.3) is 0 Å². The second-order valence-electron chi connectivity index (χ2n) is 17.0. The summed E-state index contributed by atoms with van der Waals surface area (Å²) in [6, 6.07) is -2.02. The number of esters is 2.